The largest absolute Gasteiger partial charge is 0.391 e. The molecule has 0 spiro atoms. The minimum absolute atomic E-state index is 0.231. The molecule has 1 heterocycles. The number of nitrogens with one attached hydrogen (secondary N) is 2. The van der Waals surface area contributed by atoms with Gasteiger partial charge in [-0.2, -0.15) is 0 Å². The molecule has 0 fully saturated rings. The average Bonchev–Trinajstić information content (AvgIpc) is 2.87. The fourth-order valence-corrected chi connectivity index (χ4v) is 2.99. The van der Waals surface area contributed by atoms with Crippen LogP contribution in [0.1, 0.15) is 32.3 Å². The summed E-state index contributed by atoms with van der Waals surface area (Å²) in [4.78, 5) is 14.1. The average molecular weight is 305 g/mol. The van der Waals surface area contributed by atoms with Crippen molar-refractivity contribution in [1.82, 2.24) is 5.32 Å². The molecule has 122 valence electrons. The van der Waals surface area contributed by atoms with E-state index in [1.807, 2.05) is 12.1 Å². The third-order valence-electron chi connectivity index (χ3n) is 4.54. The van der Waals surface area contributed by atoms with E-state index in [2.05, 4.69) is 42.5 Å². The Labute approximate surface area is 132 Å². The number of urea groups is 1. The number of fused-ring (bicyclic) bond motifs is 1. The first-order valence-electron chi connectivity index (χ1n) is 8.12. The van der Waals surface area contributed by atoms with Crippen molar-refractivity contribution in [3.8, 4) is 0 Å². The number of rotatable bonds is 6. The molecule has 5 nitrogen and oxygen atoms in total. The van der Waals surface area contributed by atoms with Gasteiger partial charge in [-0.1, -0.05) is 32.8 Å². The molecule has 1 aliphatic rings. The first kappa shape index (κ1) is 16.6. The molecule has 0 saturated heterocycles. The van der Waals surface area contributed by atoms with Crippen LogP contribution >= 0.6 is 0 Å². The second kappa shape index (κ2) is 7.49. The molecular formula is C17H27N3O2. The smallest absolute Gasteiger partial charge is 0.319 e. The van der Waals surface area contributed by atoms with Crippen LogP contribution in [0.5, 0.6) is 0 Å². The highest BCUT2D eigenvalue weighted by Gasteiger charge is 2.18. The zero-order chi connectivity index (χ0) is 16.1. The number of carbonyl (C=O) groups excluding carboxylic acids is 1. The van der Waals surface area contributed by atoms with Crippen LogP contribution in [0.15, 0.2) is 18.2 Å². The van der Waals surface area contributed by atoms with Crippen LogP contribution < -0.4 is 15.5 Å². The van der Waals surface area contributed by atoms with Crippen molar-refractivity contribution in [1.29, 1.82) is 0 Å². The normalized spacial score (nSPS) is 14.9. The van der Waals surface area contributed by atoms with Crippen molar-refractivity contribution >= 4 is 17.4 Å². The number of benzene rings is 1. The van der Waals surface area contributed by atoms with E-state index in [1.54, 1.807) is 0 Å². The third kappa shape index (κ3) is 3.91. The SMILES string of the molecule is CCC(CC)C(O)CNC(=O)Nc1ccc2c(c1)N(C)CC2. The minimum atomic E-state index is -0.494. The molecule has 0 aromatic heterocycles. The molecule has 1 aromatic carbocycles. The Balaban J connectivity index is 1.86. The van der Waals surface area contributed by atoms with Gasteiger partial charge in [0.15, 0.2) is 0 Å². The van der Waals surface area contributed by atoms with Crippen molar-refractivity contribution in [3.63, 3.8) is 0 Å². The Morgan fingerprint density at radius 3 is 2.77 bits per heavy atom. The van der Waals surface area contributed by atoms with Crippen molar-refractivity contribution < 1.29 is 9.90 Å². The summed E-state index contributed by atoms with van der Waals surface area (Å²) in [5, 5.41) is 15.6. The highest BCUT2D eigenvalue weighted by atomic mass is 16.3. The van der Waals surface area contributed by atoms with E-state index in [-0.39, 0.29) is 18.5 Å². The number of hydrogen-bond acceptors (Lipinski definition) is 3. The number of amides is 2. The molecule has 2 rings (SSSR count). The lowest BCUT2D eigenvalue weighted by molar-refractivity contribution is 0.104. The molecule has 0 saturated carbocycles. The Morgan fingerprint density at radius 1 is 1.36 bits per heavy atom. The van der Waals surface area contributed by atoms with E-state index in [1.165, 1.54) is 11.3 Å². The van der Waals surface area contributed by atoms with Crippen LogP contribution in [0.3, 0.4) is 0 Å². The van der Waals surface area contributed by atoms with Crippen LogP contribution in [0.4, 0.5) is 16.2 Å². The minimum Gasteiger partial charge on any atom is -0.391 e. The molecule has 1 aliphatic heterocycles. The molecule has 0 aliphatic carbocycles. The fraction of sp³-hybridized carbons (Fsp3) is 0.588. The molecule has 3 N–H and O–H groups in total. The van der Waals surface area contributed by atoms with Crippen LogP contribution in [0, 0.1) is 5.92 Å². The third-order valence-corrected chi connectivity index (χ3v) is 4.54. The van der Waals surface area contributed by atoms with E-state index in [4.69, 9.17) is 0 Å². The molecular weight excluding hydrogens is 278 g/mol. The fourth-order valence-electron chi connectivity index (χ4n) is 2.99. The maximum atomic E-state index is 12.0. The lowest BCUT2D eigenvalue weighted by Crippen LogP contribution is -2.38. The van der Waals surface area contributed by atoms with Gasteiger partial charge in [0.25, 0.3) is 0 Å². The molecule has 5 heteroatoms. The van der Waals surface area contributed by atoms with Gasteiger partial charge in [-0.05, 0) is 30.0 Å². The van der Waals surface area contributed by atoms with Gasteiger partial charge in [-0.3, -0.25) is 0 Å². The number of aliphatic hydroxyl groups excluding tert-OH is 1. The summed E-state index contributed by atoms with van der Waals surface area (Å²) >= 11 is 0. The molecule has 1 aromatic rings. The zero-order valence-corrected chi connectivity index (χ0v) is 13.7. The molecule has 1 unspecified atom stereocenters. The summed E-state index contributed by atoms with van der Waals surface area (Å²) in [5.41, 5.74) is 3.27. The lowest BCUT2D eigenvalue weighted by Gasteiger charge is -2.20. The summed E-state index contributed by atoms with van der Waals surface area (Å²) in [6, 6.07) is 5.72. The van der Waals surface area contributed by atoms with Crippen molar-refractivity contribution in [2.45, 2.75) is 39.2 Å². The lowest BCUT2D eigenvalue weighted by atomic mass is 9.97. The summed E-state index contributed by atoms with van der Waals surface area (Å²) in [6.07, 6.45) is 2.39. The van der Waals surface area contributed by atoms with E-state index < -0.39 is 6.10 Å². The van der Waals surface area contributed by atoms with Crippen molar-refractivity contribution in [2.75, 3.05) is 30.4 Å². The predicted molar refractivity (Wildman–Crippen MR) is 90.5 cm³/mol. The number of hydrogen-bond donors (Lipinski definition) is 3. The maximum absolute atomic E-state index is 12.0. The van der Waals surface area contributed by atoms with Gasteiger partial charge in [0.05, 0.1) is 6.10 Å². The maximum Gasteiger partial charge on any atom is 0.319 e. The number of anilines is 2. The first-order chi connectivity index (χ1) is 10.5. The molecule has 2 amide bonds. The van der Waals surface area contributed by atoms with Gasteiger partial charge in [-0.25, -0.2) is 4.79 Å². The number of aliphatic hydroxyl groups is 1. The van der Waals surface area contributed by atoms with Crippen LogP contribution in [0.2, 0.25) is 0 Å². The number of likely N-dealkylation sites (N-methyl/N-ethyl adjacent to an activating group) is 1. The van der Waals surface area contributed by atoms with E-state index in [9.17, 15) is 9.90 Å². The molecule has 0 radical (unpaired) electrons. The Kier molecular flexibility index (Phi) is 5.66. The summed E-state index contributed by atoms with van der Waals surface area (Å²) in [7, 11) is 2.06. The zero-order valence-electron chi connectivity index (χ0n) is 13.7. The van der Waals surface area contributed by atoms with Gasteiger partial charge >= 0.3 is 6.03 Å². The molecule has 0 bridgehead atoms. The number of carbonyl (C=O) groups is 1. The second-order valence-corrected chi connectivity index (χ2v) is 5.99. The van der Waals surface area contributed by atoms with Gasteiger partial charge in [0, 0.05) is 31.5 Å². The Morgan fingerprint density at radius 2 is 2.09 bits per heavy atom. The van der Waals surface area contributed by atoms with E-state index >= 15 is 0 Å². The van der Waals surface area contributed by atoms with Crippen molar-refractivity contribution in [2.24, 2.45) is 5.92 Å². The van der Waals surface area contributed by atoms with Crippen molar-refractivity contribution in [3.05, 3.63) is 23.8 Å². The van der Waals surface area contributed by atoms with Gasteiger partial charge in [0.1, 0.15) is 0 Å². The van der Waals surface area contributed by atoms with E-state index in [0.717, 1.165) is 31.5 Å². The highest BCUT2D eigenvalue weighted by Crippen LogP contribution is 2.29. The van der Waals surface area contributed by atoms with Gasteiger partial charge in [-0.15, -0.1) is 0 Å². The van der Waals surface area contributed by atoms with E-state index in [0.29, 0.717) is 0 Å². The molecule has 1 atom stereocenters. The first-order valence-corrected chi connectivity index (χ1v) is 8.12. The molecule has 22 heavy (non-hydrogen) atoms. The highest BCUT2D eigenvalue weighted by molar-refractivity contribution is 5.90. The summed E-state index contributed by atoms with van der Waals surface area (Å²) < 4.78 is 0. The van der Waals surface area contributed by atoms with Gasteiger partial charge in [0.2, 0.25) is 0 Å². The predicted octanol–water partition coefficient (Wildman–Crippen LogP) is 2.60. The Bertz CT molecular complexity index is 515. The van der Waals surface area contributed by atoms with Gasteiger partial charge < -0.3 is 20.6 Å². The van der Waals surface area contributed by atoms with Crippen LogP contribution in [-0.4, -0.2) is 37.4 Å². The Hall–Kier alpha value is -1.75. The summed E-state index contributed by atoms with van der Waals surface area (Å²) in [6.45, 7) is 5.41. The standard InChI is InChI=1S/C17H27N3O2/c1-4-12(5-2)16(21)11-18-17(22)19-14-7-6-13-8-9-20(3)15(13)10-14/h6-7,10,12,16,21H,4-5,8-9,11H2,1-3H3,(H2,18,19,22). The van der Waals surface area contributed by atoms with Crippen LogP contribution in [0.25, 0.3) is 0 Å². The summed E-state index contributed by atoms with van der Waals surface area (Å²) in [5.74, 6) is 0.231. The number of nitrogens with zero attached hydrogens (tertiary/aromatic N) is 1. The monoisotopic (exact) mass is 305 g/mol. The quantitative estimate of drug-likeness (QED) is 0.757. The second-order valence-electron chi connectivity index (χ2n) is 5.99. The topological polar surface area (TPSA) is 64.6 Å². The van der Waals surface area contributed by atoms with Crippen LogP contribution in [-0.2, 0) is 6.42 Å².